The van der Waals surface area contributed by atoms with Gasteiger partial charge in [0.05, 0.1) is 0 Å². The van der Waals surface area contributed by atoms with E-state index >= 15 is 0 Å². The fourth-order valence-electron chi connectivity index (χ4n) is 7.99. The van der Waals surface area contributed by atoms with E-state index in [9.17, 15) is 0 Å². The molecule has 222 valence electrons. The Bertz CT molecular complexity index is 2690. The first-order chi connectivity index (χ1) is 23.8. The topological polar surface area (TPSA) is 12.9 Å². The lowest BCUT2D eigenvalue weighted by Crippen LogP contribution is -1.98. The number of benzene rings is 8. The Kier molecular flexibility index (Phi) is 5.94. The third-order valence-electron chi connectivity index (χ3n) is 10.1. The van der Waals surface area contributed by atoms with Crippen molar-refractivity contribution in [3.63, 3.8) is 0 Å². The number of hydrogen-bond acceptors (Lipinski definition) is 1. The molecule has 0 fully saturated rings. The summed E-state index contributed by atoms with van der Waals surface area (Å²) in [5.74, 6) is 0. The SMILES string of the molecule is c1cc(-c2ccc3c4ccccc4c4ccncc4c3c2)cc(-c2cccc3c2-c2ccccc2-c2ccccc2-c2ccccc2-3)c1. The highest BCUT2D eigenvalue weighted by atomic mass is 14.6. The molecule has 8 aromatic carbocycles. The second-order valence-corrected chi connectivity index (χ2v) is 12.7. The average Bonchev–Trinajstić information content (AvgIpc) is 3.17. The smallest absolute Gasteiger partial charge is 0.0352 e. The lowest BCUT2D eigenvalue weighted by molar-refractivity contribution is 1.37. The van der Waals surface area contributed by atoms with Crippen molar-refractivity contribution in [2.24, 2.45) is 0 Å². The maximum Gasteiger partial charge on any atom is 0.0352 e. The zero-order chi connectivity index (χ0) is 31.6. The fraction of sp³-hybridized carbons (Fsp3) is 0. The molecule has 48 heavy (non-hydrogen) atoms. The Morgan fingerprint density at radius 1 is 0.271 bits per heavy atom. The predicted octanol–water partition coefficient (Wildman–Crippen LogP) is 12.9. The summed E-state index contributed by atoms with van der Waals surface area (Å²) in [5.41, 5.74) is 14.9. The van der Waals surface area contributed by atoms with Crippen molar-refractivity contribution in [2.75, 3.05) is 0 Å². The molecule has 0 atom stereocenters. The molecule has 1 aromatic heterocycles. The van der Waals surface area contributed by atoms with Crippen molar-refractivity contribution >= 4 is 32.3 Å². The molecule has 1 nitrogen and oxygen atoms in total. The van der Waals surface area contributed by atoms with E-state index in [1.165, 1.54) is 99.1 Å². The monoisotopic (exact) mass is 607 g/mol. The van der Waals surface area contributed by atoms with Crippen molar-refractivity contribution in [3.8, 4) is 66.8 Å². The van der Waals surface area contributed by atoms with Crippen LogP contribution < -0.4 is 0 Å². The van der Waals surface area contributed by atoms with Crippen LogP contribution in [0.2, 0.25) is 0 Å². The molecule has 0 unspecified atom stereocenters. The zero-order valence-corrected chi connectivity index (χ0v) is 26.2. The van der Waals surface area contributed by atoms with Crippen LogP contribution in [0.3, 0.4) is 0 Å². The summed E-state index contributed by atoms with van der Waals surface area (Å²) in [6.45, 7) is 0. The first kappa shape index (κ1) is 26.9. The van der Waals surface area contributed by atoms with Crippen molar-refractivity contribution in [2.45, 2.75) is 0 Å². The van der Waals surface area contributed by atoms with Gasteiger partial charge in [-0.15, -0.1) is 0 Å². The molecule has 0 amide bonds. The Morgan fingerprint density at radius 2 is 0.750 bits per heavy atom. The quantitative estimate of drug-likeness (QED) is 0.178. The van der Waals surface area contributed by atoms with Gasteiger partial charge in [-0.05, 0) is 112 Å². The number of fused-ring (bicyclic) bond motifs is 14. The molecule has 0 aliphatic heterocycles. The van der Waals surface area contributed by atoms with Gasteiger partial charge in [0.15, 0.2) is 0 Å². The molecule has 10 rings (SSSR count). The molecule has 0 N–H and O–H groups in total. The zero-order valence-electron chi connectivity index (χ0n) is 26.2. The summed E-state index contributed by atoms with van der Waals surface area (Å²) in [6.07, 6.45) is 3.91. The van der Waals surface area contributed by atoms with Crippen LogP contribution in [0.4, 0.5) is 0 Å². The molecule has 0 saturated carbocycles. The van der Waals surface area contributed by atoms with Gasteiger partial charge in [0.25, 0.3) is 0 Å². The van der Waals surface area contributed by atoms with E-state index < -0.39 is 0 Å². The summed E-state index contributed by atoms with van der Waals surface area (Å²) in [7, 11) is 0. The van der Waals surface area contributed by atoms with Crippen LogP contribution in [-0.4, -0.2) is 4.98 Å². The van der Waals surface area contributed by atoms with Gasteiger partial charge in [0.1, 0.15) is 0 Å². The van der Waals surface area contributed by atoms with Crippen molar-refractivity contribution in [1.29, 1.82) is 0 Å². The van der Waals surface area contributed by atoms with Crippen LogP contribution in [0.5, 0.6) is 0 Å². The minimum absolute atomic E-state index is 1.18. The number of hydrogen-bond donors (Lipinski definition) is 0. The second kappa shape index (κ2) is 10.6. The molecule has 0 saturated heterocycles. The van der Waals surface area contributed by atoms with Gasteiger partial charge in [-0.3, -0.25) is 4.98 Å². The van der Waals surface area contributed by atoms with Crippen LogP contribution in [-0.2, 0) is 0 Å². The molecule has 0 bridgehead atoms. The van der Waals surface area contributed by atoms with Crippen LogP contribution in [0.1, 0.15) is 0 Å². The molecule has 1 heterocycles. The minimum atomic E-state index is 1.18. The van der Waals surface area contributed by atoms with Crippen molar-refractivity contribution in [3.05, 3.63) is 176 Å². The van der Waals surface area contributed by atoms with E-state index in [1.807, 2.05) is 12.4 Å². The van der Waals surface area contributed by atoms with Gasteiger partial charge in [0, 0.05) is 17.8 Å². The molecule has 0 radical (unpaired) electrons. The molecule has 9 aromatic rings. The van der Waals surface area contributed by atoms with Gasteiger partial charge >= 0.3 is 0 Å². The molecular weight excluding hydrogens is 579 g/mol. The number of rotatable bonds is 2. The van der Waals surface area contributed by atoms with E-state index in [4.69, 9.17) is 0 Å². The molecular formula is C47H29N. The highest BCUT2D eigenvalue weighted by molar-refractivity contribution is 6.25. The third-order valence-corrected chi connectivity index (χ3v) is 10.1. The summed E-state index contributed by atoms with van der Waals surface area (Å²) in [4.78, 5) is 4.53. The number of nitrogens with zero attached hydrogens (tertiary/aromatic N) is 1. The molecule has 1 aliphatic carbocycles. The van der Waals surface area contributed by atoms with E-state index in [0.717, 1.165) is 0 Å². The Hall–Kier alpha value is -6.31. The third kappa shape index (κ3) is 4.01. The molecule has 1 aliphatic rings. The summed E-state index contributed by atoms with van der Waals surface area (Å²) >= 11 is 0. The van der Waals surface area contributed by atoms with Crippen LogP contribution in [0, 0.1) is 0 Å². The van der Waals surface area contributed by atoms with Crippen LogP contribution in [0.15, 0.2) is 176 Å². The normalized spacial score (nSPS) is 11.8. The Balaban J connectivity index is 1.20. The first-order valence-corrected chi connectivity index (χ1v) is 16.5. The first-order valence-electron chi connectivity index (χ1n) is 16.5. The Morgan fingerprint density at radius 3 is 1.46 bits per heavy atom. The molecule has 1 heteroatoms. The van der Waals surface area contributed by atoms with E-state index in [1.54, 1.807) is 0 Å². The van der Waals surface area contributed by atoms with E-state index in [0.29, 0.717) is 0 Å². The maximum atomic E-state index is 4.53. The lowest BCUT2D eigenvalue weighted by atomic mass is 9.78. The van der Waals surface area contributed by atoms with Crippen LogP contribution >= 0.6 is 0 Å². The standard InChI is InChI=1S/C47H29N/c1-2-14-35-34(13-1)36-15-5-6-18-40(36)44-22-10-21-33(47(44)43-20-8-7-19-39(35)43)32-12-9-11-30(27-32)31-23-24-41-37-16-3-4-17-38(37)42-25-26-48-29-46(42)45(41)28-31/h1-29H. The summed E-state index contributed by atoms with van der Waals surface area (Å²) in [5, 5.41) is 7.45. The highest BCUT2D eigenvalue weighted by Crippen LogP contribution is 2.50. The van der Waals surface area contributed by atoms with E-state index in [2.05, 4.69) is 169 Å². The van der Waals surface area contributed by atoms with Gasteiger partial charge in [-0.2, -0.15) is 0 Å². The highest BCUT2D eigenvalue weighted by Gasteiger charge is 2.24. The summed E-state index contributed by atoms with van der Waals surface area (Å²) < 4.78 is 0. The summed E-state index contributed by atoms with van der Waals surface area (Å²) in [6, 6.07) is 60.2. The minimum Gasteiger partial charge on any atom is -0.264 e. The number of aromatic nitrogens is 1. The van der Waals surface area contributed by atoms with Gasteiger partial charge in [0.2, 0.25) is 0 Å². The van der Waals surface area contributed by atoms with Crippen LogP contribution in [0.25, 0.3) is 99.1 Å². The Labute approximate surface area is 279 Å². The van der Waals surface area contributed by atoms with Gasteiger partial charge < -0.3 is 0 Å². The van der Waals surface area contributed by atoms with E-state index in [-0.39, 0.29) is 0 Å². The molecule has 0 spiro atoms. The largest absolute Gasteiger partial charge is 0.264 e. The van der Waals surface area contributed by atoms with Gasteiger partial charge in [-0.25, -0.2) is 0 Å². The maximum absolute atomic E-state index is 4.53. The van der Waals surface area contributed by atoms with Crippen molar-refractivity contribution < 1.29 is 0 Å². The predicted molar refractivity (Wildman–Crippen MR) is 203 cm³/mol. The lowest BCUT2D eigenvalue weighted by Gasteiger charge is -2.25. The van der Waals surface area contributed by atoms with Crippen molar-refractivity contribution in [1.82, 2.24) is 4.98 Å². The van der Waals surface area contributed by atoms with Gasteiger partial charge in [-0.1, -0.05) is 146 Å². The average molecular weight is 608 g/mol. The second-order valence-electron chi connectivity index (χ2n) is 12.7. The number of pyridine rings is 1. The fourth-order valence-corrected chi connectivity index (χ4v) is 7.99.